The number of ether oxygens (including phenoxy) is 3. The van der Waals surface area contributed by atoms with Crippen molar-refractivity contribution in [2.45, 2.75) is 116 Å². The number of hydrogen-bond acceptors (Lipinski definition) is 17. The molecule has 2 N–H and O–H groups in total. The molecule has 9 aromatic carbocycles. The standard InChI is InChI=1S/C29H29NO5S.C27H24F3NO4S.C27H26N2O5S/c1-5-26(32)22-12-10-21(11-13-22)23-7-6-8-25(16-23)35-27-14-9-20(18-30)15-28(27)36(33,34)19-24(31)17-29(2,3)4;1-26(2,3)15-22(32)17-36(33,34)25-13-18(16-31)7-12-24(25)35-23-6-4-5-20(14-23)19-8-10-21(11-9-19)27(28,29)30;1-27(2,3)15-22(30)17-35(32,33)25-13-18(16-28)7-12-24(25)34-23-6-4-5-21(14-23)19-8-10-20(11-9-19)26(29)31/h6-16H,5,17,19H2,1-4H3;4-14H,15,17H2,1-3H3;4-14H,15,17H2,1-3H3,(H2,29,31). The van der Waals surface area contributed by atoms with Crippen molar-refractivity contribution in [2.24, 2.45) is 22.0 Å². The van der Waals surface area contributed by atoms with E-state index in [4.69, 9.17) is 19.9 Å². The molecule has 0 aliphatic heterocycles. The molecule has 0 atom stereocenters. The van der Waals surface area contributed by atoms with Gasteiger partial charge in [0.25, 0.3) is 0 Å². The molecule has 0 bridgehead atoms. The van der Waals surface area contributed by atoms with Crippen molar-refractivity contribution in [3.8, 4) is 86.1 Å². The number of nitriles is 3. The highest BCUT2D eigenvalue weighted by atomic mass is 32.2. The number of carbonyl (C=O) groups is 5. The summed E-state index contributed by atoms with van der Waals surface area (Å²) in [6.45, 7) is 18.5. The van der Waals surface area contributed by atoms with E-state index in [-0.39, 0.29) is 95.7 Å². The lowest BCUT2D eigenvalue weighted by Crippen LogP contribution is -2.21. The molecule has 0 spiro atoms. The normalized spacial score (nSPS) is 11.7. The first-order valence-electron chi connectivity index (χ1n) is 33.4. The second kappa shape index (κ2) is 34.7. The third-order valence-corrected chi connectivity index (χ3v) is 20.6. The molecule has 9 aromatic rings. The maximum Gasteiger partial charge on any atom is 0.416 e. The van der Waals surface area contributed by atoms with Crippen molar-refractivity contribution in [3.63, 3.8) is 0 Å². The number of halogens is 3. The summed E-state index contributed by atoms with van der Waals surface area (Å²) < 4.78 is 135. The number of rotatable bonds is 24. The first-order valence-corrected chi connectivity index (χ1v) is 38.3. The first-order chi connectivity index (χ1) is 50.0. The Bertz CT molecular complexity index is 5310. The van der Waals surface area contributed by atoms with Crippen molar-refractivity contribution >= 4 is 58.6 Å². The Morgan fingerprint density at radius 2 is 0.664 bits per heavy atom. The monoisotopic (exact) mass is 1510 g/mol. The maximum atomic E-state index is 13.2. The molecule has 0 saturated carbocycles. The molecule has 0 radical (unpaired) electrons. The number of nitrogens with two attached hydrogens (primary N) is 1. The van der Waals surface area contributed by atoms with Crippen LogP contribution in [0.3, 0.4) is 0 Å². The predicted molar refractivity (Wildman–Crippen MR) is 401 cm³/mol. The first kappa shape index (κ1) is 82.9. The smallest absolute Gasteiger partial charge is 0.416 e. The fraction of sp³-hybridized carbons (Fsp3) is 0.253. The van der Waals surface area contributed by atoms with Crippen LogP contribution in [0.5, 0.6) is 34.5 Å². The predicted octanol–water partition coefficient (Wildman–Crippen LogP) is 18.1. The van der Waals surface area contributed by atoms with Crippen molar-refractivity contribution < 1.29 is 76.6 Å². The van der Waals surface area contributed by atoms with Gasteiger partial charge in [-0.1, -0.05) is 154 Å². The van der Waals surface area contributed by atoms with Gasteiger partial charge in [-0.15, -0.1) is 0 Å². The molecule has 24 heteroatoms. The van der Waals surface area contributed by atoms with E-state index in [1.54, 1.807) is 97.1 Å². The molecule has 0 aliphatic rings. The van der Waals surface area contributed by atoms with E-state index in [1.165, 1.54) is 60.7 Å². The van der Waals surface area contributed by atoms with Gasteiger partial charge in [0.1, 0.15) is 83.8 Å². The van der Waals surface area contributed by atoms with Crippen LogP contribution in [-0.4, -0.2) is 71.6 Å². The average molecular weight is 1510 g/mol. The van der Waals surface area contributed by atoms with Crippen LogP contribution >= 0.6 is 0 Å². The Morgan fingerprint density at radius 1 is 0.383 bits per heavy atom. The number of amides is 1. The van der Waals surface area contributed by atoms with Crippen molar-refractivity contribution in [1.82, 2.24) is 0 Å². The maximum absolute atomic E-state index is 13.2. The summed E-state index contributed by atoms with van der Waals surface area (Å²) in [5.74, 6) is -2.83. The van der Waals surface area contributed by atoms with Crippen molar-refractivity contribution in [1.29, 1.82) is 15.8 Å². The zero-order chi connectivity index (χ0) is 79.0. The molecule has 0 aliphatic carbocycles. The Morgan fingerprint density at radius 3 is 0.916 bits per heavy atom. The van der Waals surface area contributed by atoms with E-state index in [9.17, 15) is 78.2 Å². The molecule has 1 amide bonds. The molecule has 0 heterocycles. The number of carbonyl (C=O) groups excluding carboxylic acids is 5. The summed E-state index contributed by atoms with van der Waals surface area (Å²) in [7, 11) is -12.2. The molecule has 0 unspecified atom stereocenters. The average Bonchev–Trinajstić information content (AvgIpc) is 0.807. The topological polar surface area (TPSA) is 313 Å². The lowest BCUT2D eigenvalue weighted by atomic mass is 9.90. The number of alkyl halides is 3. The number of sulfone groups is 3. The number of primary amides is 1. The molecule has 0 aromatic heterocycles. The van der Waals surface area contributed by atoms with Crippen LogP contribution in [0.25, 0.3) is 33.4 Å². The Balaban J connectivity index is 0.000000224. The molecule has 107 heavy (non-hydrogen) atoms. The molecule has 554 valence electrons. The van der Waals surface area contributed by atoms with Crippen LogP contribution in [0.2, 0.25) is 0 Å². The molecular formula is C83H79F3N4O14S3. The lowest BCUT2D eigenvalue weighted by molar-refractivity contribution is -0.137. The van der Waals surface area contributed by atoms with Crippen LogP contribution in [0, 0.1) is 50.2 Å². The summed E-state index contributed by atoms with van der Waals surface area (Å²) in [6, 6.07) is 57.0. The highest BCUT2D eigenvalue weighted by Crippen LogP contribution is 2.39. The third-order valence-electron chi connectivity index (χ3n) is 15.6. The fourth-order valence-electron chi connectivity index (χ4n) is 10.8. The summed E-state index contributed by atoms with van der Waals surface area (Å²) in [5.41, 5.74) is 9.18. The minimum Gasteiger partial charge on any atom is -0.456 e. The summed E-state index contributed by atoms with van der Waals surface area (Å²) in [5, 5.41) is 27.8. The summed E-state index contributed by atoms with van der Waals surface area (Å²) in [4.78, 5) is 59.8. The van der Waals surface area contributed by atoms with E-state index < -0.39 is 81.8 Å². The molecule has 0 fully saturated rings. The van der Waals surface area contributed by atoms with Gasteiger partial charge in [-0.2, -0.15) is 29.0 Å². The summed E-state index contributed by atoms with van der Waals surface area (Å²) >= 11 is 0. The molecule has 0 saturated heterocycles. The van der Waals surface area contributed by atoms with E-state index in [2.05, 4.69) is 0 Å². The van der Waals surface area contributed by atoms with E-state index >= 15 is 0 Å². The summed E-state index contributed by atoms with van der Waals surface area (Å²) in [6.07, 6.45) is -3.73. The van der Waals surface area contributed by atoms with Crippen LogP contribution in [-0.2, 0) is 50.1 Å². The second-order valence-electron chi connectivity index (χ2n) is 28.7. The Hall–Kier alpha value is -11.4. The Labute approximate surface area is 622 Å². The van der Waals surface area contributed by atoms with Gasteiger partial charge in [-0.25, -0.2) is 25.3 Å². The van der Waals surface area contributed by atoms with Gasteiger partial charge < -0.3 is 19.9 Å². The quantitative estimate of drug-likeness (QED) is 0.0549. The van der Waals surface area contributed by atoms with Crippen LogP contribution in [0.4, 0.5) is 13.2 Å². The minimum absolute atomic E-state index is 0.0220. The highest BCUT2D eigenvalue weighted by molar-refractivity contribution is 7.92. The van der Waals surface area contributed by atoms with Gasteiger partial charge >= 0.3 is 6.18 Å². The number of hydrogen-bond donors (Lipinski definition) is 1. The van der Waals surface area contributed by atoms with Crippen LogP contribution < -0.4 is 19.9 Å². The van der Waals surface area contributed by atoms with Crippen LogP contribution in [0.1, 0.15) is 138 Å². The second-order valence-corrected chi connectivity index (χ2v) is 34.6. The van der Waals surface area contributed by atoms with Gasteiger partial charge in [0, 0.05) is 36.8 Å². The van der Waals surface area contributed by atoms with E-state index in [0.29, 0.717) is 40.2 Å². The zero-order valence-electron chi connectivity index (χ0n) is 60.5. The van der Waals surface area contributed by atoms with Gasteiger partial charge in [0.15, 0.2) is 35.3 Å². The number of benzene rings is 9. The van der Waals surface area contributed by atoms with E-state index in [1.807, 2.05) is 112 Å². The fourth-order valence-corrected chi connectivity index (χ4v) is 15.1. The zero-order valence-corrected chi connectivity index (χ0v) is 62.9. The molecule has 18 nitrogen and oxygen atoms in total. The number of nitrogens with zero attached hydrogens (tertiary/aromatic N) is 3. The van der Waals surface area contributed by atoms with Gasteiger partial charge in [-0.05, 0) is 165 Å². The van der Waals surface area contributed by atoms with E-state index in [0.717, 1.165) is 40.5 Å². The highest BCUT2D eigenvalue weighted by Gasteiger charge is 2.32. The van der Waals surface area contributed by atoms with Gasteiger partial charge in [-0.3, -0.25) is 24.0 Å². The molecular weight excluding hydrogens is 1430 g/mol. The Kier molecular flexibility index (Phi) is 26.9. The van der Waals surface area contributed by atoms with Gasteiger partial charge in [0.2, 0.25) is 5.91 Å². The minimum atomic E-state index is -4.45. The SMILES string of the molecule is CC(C)(C)CC(=O)CS(=O)(=O)c1cc(C#N)ccc1Oc1cccc(-c2ccc(C(F)(F)F)cc2)c1.CC(C)(C)CC(=O)CS(=O)(=O)c1cc(C#N)ccc1Oc1cccc(-c2ccc(C(N)=O)cc2)c1.CCC(=O)c1ccc(-c2cccc(Oc3ccc(C#N)cc3S(=O)(=O)CC(=O)CC(C)(C)C)c2)cc1. The van der Waals surface area contributed by atoms with Gasteiger partial charge in [0.05, 0.1) is 40.5 Å². The van der Waals surface area contributed by atoms with Crippen molar-refractivity contribution in [2.75, 3.05) is 17.3 Å². The van der Waals surface area contributed by atoms with Crippen molar-refractivity contribution in [3.05, 3.63) is 234 Å². The number of Topliss-reactive ketones (excluding diaryl/α,β-unsaturated/α-hetero) is 4. The third kappa shape index (κ3) is 24.6. The largest absolute Gasteiger partial charge is 0.456 e. The van der Waals surface area contributed by atoms with Crippen LogP contribution in [0.15, 0.2) is 215 Å². The number of ketones is 4. The lowest BCUT2D eigenvalue weighted by Gasteiger charge is -2.17. The molecule has 9 rings (SSSR count).